The van der Waals surface area contributed by atoms with Gasteiger partial charge in [-0.2, -0.15) is 0 Å². The Balaban J connectivity index is 0.961. The summed E-state index contributed by atoms with van der Waals surface area (Å²) in [6.45, 7) is 0. The number of ether oxygens (including phenoxy) is 4. The van der Waals surface area contributed by atoms with Gasteiger partial charge in [-0.1, -0.05) is 72.8 Å². The van der Waals surface area contributed by atoms with E-state index in [1.54, 1.807) is 14.2 Å². The van der Waals surface area contributed by atoms with Crippen molar-refractivity contribution in [3.63, 3.8) is 0 Å². The van der Waals surface area contributed by atoms with Gasteiger partial charge in [-0.25, -0.2) is 0 Å². The van der Waals surface area contributed by atoms with E-state index >= 15 is 0 Å². The van der Waals surface area contributed by atoms with Crippen molar-refractivity contribution < 1.29 is 18.9 Å². The summed E-state index contributed by atoms with van der Waals surface area (Å²) in [7, 11) is 3.41. The molecular formula is C44H42O4. The van der Waals surface area contributed by atoms with Gasteiger partial charge in [0.1, 0.15) is 34.5 Å². The van der Waals surface area contributed by atoms with Crippen molar-refractivity contribution in [1.29, 1.82) is 0 Å². The second-order valence-electron chi connectivity index (χ2n) is 12.0. The van der Waals surface area contributed by atoms with Crippen LogP contribution < -0.4 is 18.9 Å². The average Bonchev–Trinajstić information content (AvgIpc) is 3.14. The number of benzene rings is 6. The molecule has 6 rings (SSSR count). The summed E-state index contributed by atoms with van der Waals surface area (Å²) in [5.41, 5.74) is 7.58. The van der Waals surface area contributed by atoms with Gasteiger partial charge in [0.2, 0.25) is 0 Å². The number of rotatable bonds is 15. The Hall–Kier alpha value is -5.48. The van der Waals surface area contributed by atoms with E-state index in [1.165, 1.54) is 33.4 Å². The molecule has 6 aromatic carbocycles. The second-order valence-corrected chi connectivity index (χ2v) is 12.0. The van der Waals surface area contributed by atoms with Gasteiger partial charge in [0.15, 0.2) is 0 Å². The molecule has 6 aromatic rings. The van der Waals surface area contributed by atoms with Gasteiger partial charge in [-0.15, -0.1) is 0 Å². The lowest BCUT2D eigenvalue weighted by Crippen LogP contribution is -1.94. The number of methoxy groups -OCH3 is 2. The van der Waals surface area contributed by atoms with Crippen LogP contribution in [0.2, 0.25) is 0 Å². The number of aryl methyl sites for hydroxylation is 6. The molecule has 0 aliphatic heterocycles. The molecule has 0 aromatic heterocycles. The summed E-state index contributed by atoms with van der Waals surface area (Å²) in [6.07, 6.45) is 5.69. The van der Waals surface area contributed by atoms with Crippen molar-refractivity contribution in [1.82, 2.24) is 0 Å². The van der Waals surface area contributed by atoms with Crippen LogP contribution in [-0.2, 0) is 38.5 Å². The zero-order chi connectivity index (χ0) is 33.0. The van der Waals surface area contributed by atoms with Crippen LogP contribution in [0.3, 0.4) is 0 Å². The topological polar surface area (TPSA) is 36.9 Å². The van der Waals surface area contributed by atoms with E-state index < -0.39 is 0 Å². The lowest BCUT2D eigenvalue weighted by molar-refractivity contribution is 0.414. The largest absolute Gasteiger partial charge is 0.497 e. The number of hydrogen-bond donors (Lipinski definition) is 0. The molecule has 4 heteroatoms. The summed E-state index contributed by atoms with van der Waals surface area (Å²) < 4.78 is 23.1. The third-order valence-electron chi connectivity index (χ3n) is 8.49. The van der Waals surface area contributed by atoms with Gasteiger partial charge in [-0.3, -0.25) is 0 Å². The van der Waals surface area contributed by atoms with Crippen LogP contribution in [0.5, 0.6) is 34.5 Å². The van der Waals surface area contributed by atoms with E-state index in [4.69, 9.17) is 18.9 Å². The first-order valence-electron chi connectivity index (χ1n) is 16.6. The molecule has 0 unspecified atom stereocenters. The molecule has 0 radical (unpaired) electrons. The minimum atomic E-state index is 0.842. The molecule has 0 bridgehead atoms. The summed E-state index contributed by atoms with van der Waals surface area (Å²) >= 11 is 0. The minimum Gasteiger partial charge on any atom is -0.497 e. The van der Waals surface area contributed by atoms with E-state index in [0.717, 1.165) is 73.0 Å². The zero-order valence-corrected chi connectivity index (χ0v) is 27.7. The highest BCUT2D eigenvalue weighted by atomic mass is 16.5. The fourth-order valence-corrected chi connectivity index (χ4v) is 5.77. The van der Waals surface area contributed by atoms with Gasteiger partial charge in [0, 0.05) is 0 Å². The van der Waals surface area contributed by atoms with Crippen molar-refractivity contribution in [3.8, 4) is 34.5 Å². The molecule has 0 N–H and O–H groups in total. The normalized spacial score (nSPS) is 10.8. The average molecular weight is 635 g/mol. The Morgan fingerprint density at radius 1 is 0.292 bits per heavy atom. The third kappa shape index (κ3) is 9.52. The predicted molar refractivity (Wildman–Crippen MR) is 194 cm³/mol. The standard InChI is InChI=1S/C44H42O4/c1-45-41-11-3-7-35(29-41)17-19-37-9-5-13-43(31-37)47-39-25-21-33(22-26-39)15-16-34-23-27-40(28-24-34)48-44-14-6-10-38(32-44)20-18-36-8-4-12-42(30-36)46-2/h3-14,21-32H,15-20H2,1-2H3. The van der Waals surface area contributed by atoms with Crippen LogP contribution in [0.25, 0.3) is 0 Å². The maximum Gasteiger partial charge on any atom is 0.127 e. The lowest BCUT2D eigenvalue weighted by Gasteiger charge is -2.10. The molecule has 48 heavy (non-hydrogen) atoms. The summed E-state index contributed by atoms with van der Waals surface area (Å²) in [5.74, 6) is 5.18. The highest BCUT2D eigenvalue weighted by molar-refractivity contribution is 5.38. The van der Waals surface area contributed by atoms with Gasteiger partial charge in [0.25, 0.3) is 0 Å². The van der Waals surface area contributed by atoms with Crippen LogP contribution in [0.15, 0.2) is 146 Å². The number of hydrogen-bond acceptors (Lipinski definition) is 4. The fraction of sp³-hybridized carbons (Fsp3) is 0.182. The van der Waals surface area contributed by atoms with Crippen LogP contribution in [0.1, 0.15) is 33.4 Å². The quantitative estimate of drug-likeness (QED) is 0.113. The molecule has 0 saturated carbocycles. The molecule has 0 fully saturated rings. The molecule has 242 valence electrons. The Labute approximate surface area is 284 Å². The van der Waals surface area contributed by atoms with E-state index in [-0.39, 0.29) is 0 Å². The van der Waals surface area contributed by atoms with Crippen molar-refractivity contribution in [3.05, 3.63) is 179 Å². The van der Waals surface area contributed by atoms with Gasteiger partial charge >= 0.3 is 0 Å². The van der Waals surface area contributed by atoms with Crippen LogP contribution in [0, 0.1) is 0 Å². The highest BCUT2D eigenvalue weighted by Crippen LogP contribution is 2.26. The molecular weight excluding hydrogens is 592 g/mol. The zero-order valence-electron chi connectivity index (χ0n) is 27.7. The van der Waals surface area contributed by atoms with Crippen molar-refractivity contribution in [2.75, 3.05) is 14.2 Å². The molecule has 0 aliphatic rings. The predicted octanol–water partition coefficient (Wildman–Crippen LogP) is 10.6. The van der Waals surface area contributed by atoms with E-state index in [2.05, 4.69) is 109 Å². The first-order valence-corrected chi connectivity index (χ1v) is 16.6. The summed E-state index contributed by atoms with van der Waals surface area (Å²) in [6, 6.07) is 50.0. The second kappa shape index (κ2) is 16.4. The maximum atomic E-state index is 6.20. The van der Waals surface area contributed by atoms with Gasteiger partial charge in [0.05, 0.1) is 14.2 Å². The van der Waals surface area contributed by atoms with E-state index in [0.29, 0.717) is 0 Å². The van der Waals surface area contributed by atoms with Crippen molar-refractivity contribution in [2.24, 2.45) is 0 Å². The molecule has 0 heterocycles. The fourth-order valence-electron chi connectivity index (χ4n) is 5.77. The Morgan fingerprint density at radius 3 is 0.917 bits per heavy atom. The van der Waals surface area contributed by atoms with Crippen molar-refractivity contribution >= 4 is 0 Å². The minimum absolute atomic E-state index is 0.842. The van der Waals surface area contributed by atoms with Crippen LogP contribution >= 0.6 is 0 Å². The maximum absolute atomic E-state index is 6.20. The molecule has 0 amide bonds. The lowest BCUT2D eigenvalue weighted by atomic mass is 10.0. The molecule has 4 nitrogen and oxygen atoms in total. The molecule has 0 saturated heterocycles. The Bertz CT molecular complexity index is 1750. The van der Waals surface area contributed by atoms with Crippen LogP contribution in [-0.4, -0.2) is 14.2 Å². The first kappa shape index (κ1) is 32.5. The molecule has 0 atom stereocenters. The third-order valence-corrected chi connectivity index (χ3v) is 8.49. The summed E-state index contributed by atoms with van der Waals surface area (Å²) in [5, 5.41) is 0. The van der Waals surface area contributed by atoms with Crippen molar-refractivity contribution in [2.45, 2.75) is 38.5 Å². The Kier molecular flexibility index (Phi) is 11.1. The van der Waals surface area contributed by atoms with Crippen LogP contribution in [0.4, 0.5) is 0 Å². The summed E-state index contributed by atoms with van der Waals surface area (Å²) in [4.78, 5) is 0. The monoisotopic (exact) mass is 634 g/mol. The van der Waals surface area contributed by atoms with Gasteiger partial charge in [-0.05, 0) is 145 Å². The highest BCUT2D eigenvalue weighted by Gasteiger charge is 2.05. The van der Waals surface area contributed by atoms with Gasteiger partial charge < -0.3 is 18.9 Å². The molecule has 0 spiro atoms. The Morgan fingerprint density at radius 2 is 0.583 bits per heavy atom. The van der Waals surface area contributed by atoms with E-state index in [9.17, 15) is 0 Å². The molecule has 0 aliphatic carbocycles. The smallest absolute Gasteiger partial charge is 0.127 e. The SMILES string of the molecule is COc1cccc(CCc2cccc(Oc3ccc(CCc4ccc(Oc5cccc(CCc6cccc(OC)c6)c5)cc4)cc3)c2)c1. The first-order chi connectivity index (χ1) is 23.6. The van der Waals surface area contributed by atoms with E-state index in [1.807, 2.05) is 36.4 Å².